The molecule has 2 nitrogen and oxygen atoms in total. The van der Waals surface area contributed by atoms with Crippen LogP contribution < -0.4 is 0 Å². The van der Waals surface area contributed by atoms with Crippen LogP contribution in [0.25, 0.3) is 0 Å². The van der Waals surface area contributed by atoms with Gasteiger partial charge < -0.3 is 10.2 Å². The summed E-state index contributed by atoms with van der Waals surface area (Å²) in [5.74, 6) is 0.411. The van der Waals surface area contributed by atoms with Crippen LogP contribution in [0.3, 0.4) is 0 Å². The van der Waals surface area contributed by atoms with Gasteiger partial charge in [-0.05, 0) is 36.7 Å². The van der Waals surface area contributed by atoms with Gasteiger partial charge in [-0.15, -0.1) is 0 Å². The zero-order chi connectivity index (χ0) is 13.1. The van der Waals surface area contributed by atoms with Crippen molar-refractivity contribution in [2.45, 2.75) is 39.7 Å². The van der Waals surface area contributed by atoms with Gasteiger partial charge in [0, 0.05) is 0 Å². The van der Waals surface area contributed by atoms with Crippen LogP contribution in [0.15, 0.2) is 36.0 Å². The van der Waals surface area contributed by atoms with E-state index >= 15 is 0 Å². The Labute approximate surface area is 104 Å². The molecule has 1 rings (SSSR count). The summed E-state index contributed by atoms with van der Waals surface area (Å²) >= 11 is 0. The van der Waals surface area contributed by atoms with Crippen molar-refractivity contribution in [2.75, 3.05) is 6.61 Å². The van der Waals surface area contributed by atoms with E-state index in [1.807, 2.05) is 13.0 Å². The second-order valence-corrected chi connectivity index (χ2v) is 5.52. The maximum Gasteiger partial charge on any atom is 0.0978 e. The molecule has 0 aliphatic heterocycles. The first-order valence-electron chi connectivity index (χ1n) is 6.19. The molecule has 2 atom stereocenters. The molecule has 0 amide bonds. The van der Waals surface area contributed by atoms with Crippen LogP contribution in [0.5, 0.6) is 0 Å². The Bertz CT molecular complexity index is 337. The van der Waals surface area contributed by atoms with Gasteiger partial charge in [-0.1, -0.05) is 44.2 Å². The van der Waals surface area contributed by atoms with Gasteiger partial charge in [-0.2, -0.15) is 0 Å². The molecule has 0 heterocycles. The molecule has 2 unspecified atom stereocenters. The molecule has 0 aromatic rings. The van der Waals surface area contributed by atoms with Gasteiger partial charge in [-0.3, -0.25) is 0 Å². The zero-order valence-electron chi connectivity index (χ0n) is 11.1. The van der Waals surface area contributed by atoms with Crippen molar-refractivity contribution in [1.82, 2.24) is 0 Å². The maximum absolute atomic E-state index is 9.50. The summed E-state index contributed by atoms with van der Waals surface area (Å²) in [6.07, 6.45) is 7.54. The highest BCUT2D eigenvalue weighted by Gasteiger charge is 2.30. The fraction of sp³-hybridized carbons (Fsp3) is 0.600. The van der Waals surface area contributed by atoms with E-state index in [2.05, 4.69) is 32.6 Å². The van der Waals surface area contributed by atoms with Crippen LogP contribution in [0.1, 0.15) is 33.6 Å². The van der Waals surface area contributed by atoms with Gasteiger partial charge >= 0.3 is 0 Å². The Morgan fingerprint density at radius 3 is 2.82 bits per heavy atom. The molecule has 1 aliphatic rings. The van der Waals surface area contributed by atoms with Gasteiger partial charge in [0.1, 0.15) is 0 Å². The van der Waals surface area contributed by atoms with E-state index in [9.17, 15) is 5.11 Å². The molecule has 96 valence electrons. The van der Waals surface area contributed by atoms with Crippen molar-refractivity contribution in [1.29, 1.82) is 0 Å². The molecule has 2 N–H and O–H groups in total. The number of allylic oxidation sites excluding steroid dienone is 4. The van der Waals surface area contributed by atoms with E-state index in [0.717, 1.165) is 18.4 Å². The Morgan fingerprint density at radius 2 is 2.29 bits per heavy atom. The Morgan fingerprint density at radius 1 is 1.65 bits per heavy atom. The Hall–Kier alpha value is -0.860. The topological polar surface area (TPSA) is 40.5 Å². The second-order valence-electron chi connectivity index (χ2n) is 5.52. The van der Waals surface area contributed by atoms with E-state index < -0.39 is 6.10 Å². The predicted octanol–water partition coefficient (Wildman–Crippen LogP) is 2.83. The highest BCUT2D eigenvalue weighted by Crippen LogP contribution is 2.41. The van der Waals surface area contributed by atoms with E-state index in [1.54, 1.807) is 0 Å². The van der Waals surface area contributed by atoms with Crippen molar-refractivity contribution < 1.29 is 10.2 Å². The molecule has 0 radical (unpaired) electrons. The lowest BCUT2D eigenvalue weighted by atomic mass is 9.69. The summed E-state index contributed by atoms with van der Waals surface area (Å²) in [4.78, 5) is 0. The van der Waals surface area contributed by atoms with Gasteiger partial charge in [0.25, 0.3) is 0 Å². The number of aliphatic hydroxyl groups excluding tert-OH is 2. The average Bonchev–Trinajstić information content (AvgIpc) is 2.26. The van der Waals surface area contributed by atoms with Gasteiger partial charge in [0.2, 0.25) is 0 Å². The highest BCUT2D eigenvalue weighted by molar-refractivity contribution is 5.22. The predicted molar refractivity (Wildman–Crippen MR) is 71.6 cm³/mol. The fourth-order valence-electron chi connectivity index (χ4n) is 2.35. The maximum atomic E-state index is 9.50. The lowest BCUT2D eigenvalue weighted by molar-refractivity contribution is 0.122. The third-order valence-corrected chi connectivity index (χ3v) is 3.69. The molecule has 2 heteroatoms. The van der Waals surface area contributed by atoms with Gasteiger partial charge in [0.05, 0.1) is 12.7 Å². The summed E-state index contributed by atoms with van der Waals surface area (Å²) in [5, 5.41) is 18.4. The first kappa shape index (κ1) is 14.2. The molecular formula is C15H24O2. The van der Waals surface area contributed by atoms with Crippen molar-refractivity contribution in [3.05, 3.63) is 36.0 Å². The van der Waals surface area contributed by atoms with Crippen LogP contribution in [-0.2, 0) is 0 Å². The van der Waals surface area contributed by atoms with Crippen LogP contribution >= 0.6 is 0 Å². The van der Waals surface area contributed by atoms with Crippen molar-refractivity contribution in [3.63, 3.8) is 0 Å². The molecular weight excluding hydrogens is 212 g/mol. The summed E-state index contributed by atoms with van der Waals surface area (Å²) < 4.78 is 0. The molecule has 0 spiro atoms. The molecule has 0 saturated heterocycles. The third-order valence-electron chi connectivity index (χ3n) is 3.69. The van der Waals surface area contributed by atoms with Crippen LogP contribution in [0.2, 0.25) is 0 Å². The third kappa shape index (κ3) is 3.55. The monoisotopic (exact) mass is 236 g/mol. The first-order valence-corrected chi connectivity index (χ1v) is 6.19. The van der Waals surface area contributed by atoms with Crippen LogP contribution in [0, 0.1) is 11.3 Å². The standard InChI is InChI=1S/C15H24O2/c1-11-6-5-9-15(3,4)13(11)8-7-12(2)14(17)10-16/h5,7,9,13-14,16-17H,1,6,8,10H2,2-4H3. The highest BCUT2D eigenvalue weighted by atomic mass is 16.3. The van der Waals surface area contributed by atoms with Crippen LogP contribution in [-0.4, -0.2) is 22.9 Å². The van der Waals surface area contributed by atoms with Crippen molar-refractivity contribution in [3.8, 4) is 0 Å². The van der Waals surface area contributed by atoms with Gasteiger partial charge in [0.15, 0.2) is 0 Å². The fourth-order valence-corrected chi connectivity index (χ4v) is 2.35. The number of hydrogen-bond donors (Lipinski definition) is 2. The Balaban J connectivity index is 2.74. The summed E-state index contributed by atoms with van der Waals surface area (Å²) in [6, 6.07) is 0. The van der Waals surface area contributed by atoms with E-state index in [4.69, 9.17) is 5.11 Å². The van der Waals surface area contributed by atoms with E-state index in [0.29, 0.717) is 5.92 Å². The SMILES string of the molecule is C=C1CC=CC(C)(C)C1CC=C(C)C(O)CO. The quantitative estimate of drug-likeness (QED) is 0.737. The molecule has 17 heavy (non-hydrogen) atoms. The molecule has 0 saturated carbocycles. The molecule has 0 fully saturated rings. The van der Waals surface area contributed by atoms with E-state index in [1.165, 1.54) is 5.57 Å². The molecule has 1 aliphatic carbocycles. The first-order chi connectivity index (χ1) is 7.88. The summed E-state index contributed by atoms with van der Waals surface area (Å²) in [7, 11) is 0. The lowest BCUT2D eigenvalue weighted by Crippen LogP contribution is -2.26. The minimum absolute atomic E-state index is 0.121. The molecule has 0 aromatic heterocycles. The van der Waals surface area contributed by atoms with Crippen molar-refractivity contribution in [2.24, 2.45) is 11.3 Å². The molecule has 0 aromatic carbocycles. The lowest BCUT2D eigenvalue weighted by Gasteiger charge is -2.36. The average molecular weight is 236 g/mol. The smallest absolute Gasteiger partial charge is 0.0978 e. The Kier molecular flexibility index (Phi) is 4.72. The normalized spacial score (nSPS) is 26.1. The summed E-state index contributed by atoms with van der Waals surface area (Å²) in [6.45, 7) is 10.2. The number of hydrogen-bond acceptors (Lipinski definition) is 2. The summed E-state index contributed by atoms with van der Waals surface area (Å²) in [5.41, 5.74) is 2.21. The van der Waals surface area contributed by atoms with E-state index in [-0.39, 0.29) is 12.0 Å². The number of aliphatic hydroxyl groups is 2. The second kappa shape index (κ2) is 5.65. The minimum atomic E-state index is -0.731. The molecule has 0 bridgehead atoms. The van der Waals surface area contributed by atoms with Gasteiger partial charge in [-0.25, -0.2) is 0 Å². The zero-order valence-corrected chi connectivity index (χ0v) is 11.1. The van der Waals surface area contributed by atoms with Crippen molar-refractivity contribution >= 4 is 0 Å². The largest absolute Gasteiger partial charge is 0.393 e. The minimum Gasteiger partial charge on any atom is -0.393 e. The number of rotatable bonds is 4. The van der Waals surface area contributed by atoms with Crippen LogP contribution in [0.4, 0.5) is 0 Å².